The number of benzene rings is 4. The van der Waals surface area contributed by atoms with Gasteiger partial charge in [0.25, 0.3) is 0 Å². The number of nitrogens with zero attached hydrogens (tertiary/aromatic N) is 2. The molecular formula is C36H28N2O6. The Bertz CT molecular complexity index is 1760. The lowest BCUT2D eigenvalue weighted by Gasteiger charge is -2.36. The molecule has 3 aliphatic heterocycles. The summed E-state index contributed by atoms with van der Waals surface area (Å²) in [4.78, 5) is 58.6. The minimum atomic E-state index is -1.10. The standard InChI is InChI=1S/C36H28N2O6/c1-43-35(41)25-17-9-11-19-27(25)38-33(39)29-28-21-20-22-12-8-10-18-26(22)37(28)31(30(29)34(38)40)36(42)44-32(23-13-4-2-5-14-23)24-15-6-3-7-16-24/h2-21,28-32H,1H3/t28-,29+,30+,31-/m1/s1. The van der Waals surface area contributed by atoms with E-state index in [0.717, 1.165) is 27.3 Å². The van der Waals surface area contributed by atoms with Gasteiger partial charge in [-0.05, 0) is 34.9 Å². The molecule has 0 radical (unpaired) electrons. The first-order chi connectivity index (χ1) is 21.5. The molecule has 8 heteroatoms. The highest BCUT2D eigenvalue weighted by Crippen LogP contribution is 2.50. The van der Waals surface area contributed by atoms with E-state index in [1.165, 1.54) is 13.2 Å². The molecule has 2 saturated heterocycles. The predicted octanol–water partition coefficient (Wildman–Crippen LogP) is 5.20. The topological polar surface area (TPSA) is 93.2 Å². The molecule has 3 aliphatic rings. The van der Waals surface area contributed by atoms with E-state index in [4.69, 9.17) is 9.47 Å². The van der Waals surface area contributed by atoms with Gasteiger partial charge in [0.15, 0.2) is 6.10 Å². The molecule has 8 nitrogen and oxygen atoms in total. The predicted molar refractivity (Wildman–Crippen MR) is 164 cm³/mol. The maximum absolute atomic E-state index is 14.5. The third-order valence-electron chi connectivity index (χ3n) is 8.65. The van der Waals surface area contributed by atoms with Gasteiger partial charge in [0.1, 0.15) is 6.04 Å². The zero-order valence-corrected chi connectivity index (χ0v) is 23.8. The number of para-hydroxylation sites is 2. The number of amides is 2. The number of methoxy groups -OCH3 is 1. The highest BCUT2D eigenvalue weighted by molar-refractivity contribution is 6.26. The van der Waals surface area contributed by atoms with Crippen LogP contribution in [0.25, 0.3) is 6.08 Å². The number of imide groups is 1. The first-order valence-electron chi connectivity index (χ1n) is 14.4. The van der Waals surface area contributed by atoms with Crippen molar-refractivity contribution in [2.75, 3.05) is 16.9 Å². The third-order valence-corrected chi connectivity index (χ3v) is 8.65. The van der Waals surface area contributed by atoms with Gasteiger partial charge in [-0.25, -0.2) is 14.5 Å². The number of esters is 2. The summed E-state index contributed by atoms with van der Waals surface area (Å²) in [6, 6.07) is 31.1. The van der Waals surface area contributed by atoms with Gasteiger partial charge in [-0.1, -0.05) is 103 Å². The molecule has 4 atom stereocenters. The minimum absolute atomic E-state index is 0.0883. The molecule has 4 aromatic rings. The van der Waals surface area contributed by atoms with Crippen molar-refractivity contribution in [2.24, 2.45) is 11.8 Å². The summed E-state index contributed by atoms with van der Waals surface area (Å²) in [6.07, 6.45) is 3.06. The lowest BCUT2D eigenvalue weighted by Crippen LogP contribution is -2.49. The van der Waals surface area contributed by atoms with Crippen LogP contribution >= 0.6 is 0 Å². The van der Waals surface area contributed by atoms with Crippen molar-refractivity contribution in [1.29, 1.82) is 0 Å². The largest absolute Gasteiger partial charge is 0.465 e. The molecule has 2 amide bonds. The van der Waals surface area contributed by atoms with Crippen LogP contribution in [0.4, 0.5) is 11.4 Å². The fourth-order valence-electron chi connectivity index (χ4n) is 6.74. The first kappa shape index (κ1) is 27.3. The zero-order chi connectivity index (χ0) is 30.4. The second-order valence-electron chi connectivity index (χ2n) is 11.0. The Kier molecular flexibility index (Phi) is 6.81. The molecule has 4 aromatic carbocycles. The van der Waals surface area contributed by atoms with Crippen LogP contribution in [0.2, 0.25) is 0 Å². The third kappa shape index (κ3) is 4.29. The highest BCUT2D eigenvalue weighted by atomic mass is 16.5. The monoisotopic (exact) mass is 584 g/mol. The van der Waals surface area contributed by atoms with Gasteiger partial charge in [0, 0.05) is 5.69 Å². The van der Waals surface area contributed by atoms with Crippen LogP contribution < -0.4 is 9.80 Å². The molecule has 0 aromatic heterocycles. The molecule has 218 valence electrons. The molecule has 3 heterocycles. The first-order valence-corrected chi connectivity index (χ1v) is 14.4. The van der Waals surface area contributed by atoms with E-state index in [1.807, 2.05) is 102 Å². The Morgan fingerprint density at radius 3 is 1.93 bits per heavy atom. The van der Waals surface area contributed by atoms with Crippen LogP contribution in [0.5, 0.6) is 0 Å². The van der Waals surface area contributed by atoms with E-state index < -0.39 is 53.8 Å². The van der Waals surface area contributed by atoms with Crippen molar-refractivity contribution in [3.63, 3.8) is 0 Å². The van der Waals surface area contributed by atoms with Crippen LogP contribution in [0.15, 0.2) is 115 Å². The Morgan fingerprint density at radius 2 is 1.27 bits per heavy atom. The van der Waals surface area contributed by atoms with Crippen LogP contribution in [-0.2, 0) is 23.9 Å². The SMILES string of the molecule is COC(=O)c1ccccc1N1C(=O)[C@@H]2[C@H](C1=O)[C@H](C(=O)OC(c1ccccc1)c1ccccc1)N1c3ccccc3C=C[C@H]21. The maximum Gasteiger partial charge on any atom is 0.339 e. The van der Waals surface area contributed by atoms with E-state index >= 15 is 0 Å². The summed E-state index contributed by atoms with van der Waals surface area (Å²) in [5.74, 6) is -4.25. The van der Waals surface area contributed by atoms with Gasteiger partial charge in [-0.2, -0.15) is 0 Å². The molecule has 7 rings (SSSR count). The van der Waals surface area contributed by atoms with Crippen molar-refractivity contribution in [1.82, 2.24) is 0 Å². The van der Waals surface area contributed by atoms with Crippen molar-refractivity contribution in [3.05, 3.63) is 138 Å². The number of hydrogen-bond acceptors (Lipinski definition) is 7. The van der Waals surface area contributed by atoms with Crippen molar-refractivity contribution >= 4 is 41.2 Å². The van der Waals surface area contributed by atoms with Crippen LogP contribution in [-0.4, -0.2) is 42.9 Å². The normalized spacial score (nSPS) is 21.6. The number of carbonyl (C=O) groups excluding carboxylic acids is 4. The summed E-state index contributed by atoms with van der Waals surface area (Å²) in [6.45, 7) is 0. The van der Waals surface area contributed by atoms with Gasteiger partial charge in [-0.15, -0.1) is 0 Å². The Labute approximate surface area is 254 Å². The number of rotatable bonds is 6. The van der Waals surface area contributed by atoms with Crippen molar-refractivity contribution < 1.29 is 28.7 Å². The quantitative estimate of drug-likeness (QED) is 0.227. The summed E-state index contributed by atoms with van der Waals surface area (Å²) in [7, 11) is 1.24. The summed E-state index contributed by atoms with van der Waals surface area (Å²) in [5.41, 5.74) is 3.39. The van der Waals surface area contributed by atoms with Gasteiger partial charge in [0.05, 0.1) is 36.2 Å². The molecular weight excluding hydrogens is 556 g/mol. The van der Waals surface area contributed by atoms with Crippen LogP contribution in [0.1, 0.15) is 33.2 Å². The molecule has 0 unspecified atom stereocenters. The lowest BCUT2D eigenvalue weighted by atomic mass is 9.88. The number of hydrogen-bond donors (Lipinski definition) is 0. The molecule has 0 N–H and O–H groups in total. The molecule has 0 spiro atoms. The fraction of sp³-hybridized carbons (Fsp3) is 0.167. The smallest absolute Gasteiger partial charge is 0.339 e. The Hall–Kier alpha value is -5.50. The van der Waals surface area contributed by atoms with Gasteiger partial charge >= 0.3 is 11.9 Å². The molecule has 0 bridgehead atoms. The van der Waals surface area contributed by atoms with E-state index in [9.17, 15) is 19.2 Å². The van der Waals surface area contributed by atoms with E-state index in [-0.39, 0.29) is 11.3 Å². The average Bonchev–Trinajstić information content (AvgIpc) is 3.56. The summed E-state index contributed by atoms with van der Waals surface area (Å²) < 4.78 is 11.3. The van der Waals surface area contributed by atoms with Gasteiger partial charge in [0.2, 0.25) is 11.8 Å². The number of ether oxygens (including phenoxy) is 2. The van der Waals surface area contributed by atoms with Gasteiger partial charge < -0.3 is 14.4 Å². The van der Waals surface area contributed by atoms with E-state index in [0.29, 0.717) is 0 Å². The van der Waals surface area contributed by atoms with Gasteiger partial charge in [-0.3, -0.25) is 9.59 Å². The minimum Gasteiger partial charge on any atom is -0.465 e. The molecule has 0 aliphatic carbocycles. The van der Waals surface area contributed by atoms with Crippen LogP contribution in [0.3, 0.4) is 0 Å². The number of fused-ring (bicyclic) bond motifs is 5. The van der Waals surface area contributed by atoms with Crippen molar-refractivity contribution in [3.8, 4) is 0 Å². The average molecular weight is 585 g/mol. The number of anilines is 2. The Morgan fingerprint density at radius 1 is 0.705 bits per heavy atom. The van der Waals surface area contributed by atoms with Crippen molar-refractivity contribution in [2.45, 2.75) is 18.2 Å². The number of carbonyl (C=O) groups is 4. The second-order valence-corrected chi connectivity index (χ2v) is 11.0. The van der Waals surface area contributed by atoms with E-state index in [1.54, 1.807) is 18.2 Å². The summed E-state index contributed by atoms with van der Waals surface area (Å²) in [5, 5.41) is 0. The summed E-state index contributed by atoms with van der Waals surface area (Å²) >= 11 is 0. The molecule has 0 saturated carbocycles. The molecule has 2 fully saturated rings. The van der Waals surface area contributed by atoms with Crippen LogP contribution in [0, 0.1) is 11.8 Å². The molecule has 44 heavy (non-hydrogen) atoms. The zero-order valence-electron chi connectivity index (χ0n) is 23.8. The second kappa shape index (κ2) is 11.0. The highest BCUT2D eigenvalue weighted by Gasteiger charge is 2.65. The Balaban J connectivity index is 1.33. The van der Waals surface area contributed by atoms with E-state index in [2.05, 4.69) is 0 Å². The maximum atomic E-state index is 14.5. The lowest BCUT2D eigenvalue weighted by molar-refractivity contribution is -0.151. The fourth-order valence-corrected chi connectivity index (χ4v) is 6.74.